The number of carbonyl (C=O) groups is 1. The van der Waals surface area contributed by atoms with E-state index in [-0.39, 0.29) is 17.9 Å². The summed E-state index contributed by atoms with van der Waals surface area (Å²) < 4.78 is 0. The molecule has 82 valence electrons. The summed E-state index contributed by atoms with van der Waals surface area (Å²) in [5, 5.41) is 9.31. The van der Waals surface area contributed by atoms with Crippen molar-refractivity contribution in [3.63, 3.8) is 0 Å². The smallest absolute Gasteiger partial charge is 0.225 e. The van der Waals surface area contributed by atoms with Crippen molar-refractivity contribution in [2.24, 2.45) is 5.92 Å². The number of amides is 1. The van der Waals surface area contributed by atoms with Crippen LogP contribution in [0.5, 0.6) is 0 Å². The molecular formula is C11H21NO2. The summed E-state index contributed by atoms with van der Waals surface area (Å²) in [7, 11) is 0. The first-order chi connectivity index (χ1) is 6.65. The summed E-state index contributed by atoms with van der Waals surface area (Å²) in [6.45, 7) is 5.39. The number of carbonyl (C=O) groups excluding carboxylic acids is 1. The second-order valence-corrected chi connectivity index (χ2v) is 4.27. The molecule has 0 aromatic carbocycles. The maximum Gasteiger partial charge on any atom is 0.225 e. The van der Waals surface area contributed by atoms with Crippen LogP contribution in [-0.4, -0.2) is 35.1 Å². The average molecular weight is 199 g/mol. The number of likely N-dealkylation sites (tertiary alicyclic amines) is 1. The van der Waals surface area contributed by atoms with E-state index in [1.165, 1.54) is 0 Å². The lowest BCUT2D eigenvalue weighted by Gasteiger charge is -2.20. The number of hydrogen-bond acceptors (Lipinski definition) is 2. The van der Waals surface area contributed by atoms with E-state index in [2.05, 4.69) is 6.92 Å². The lowest BCUT2D eigenvalue weighted by atomic mass is 10.0. The van der Waals surface area contributed by atoms with Gasteiger partial charge in [-0.3, -0.25) is 4.79 Å². The van der Waals surface area contributed by atoms with Crippen molar-refractivity contribution in [2.75, 3.05) is 13.1 Å². The Kier molecular flexibility index (Phi) is 4.39. The van der Waals surface area contributed by atoms with E-state index in [0.717, 1.165) is 32.2 Å². The normalized spacial score (nSPS) is 23.9. The largest absolute Gasteiger partial charge is 0.391 e. The molecule has 0 radical (unpaired) electrons. The molecule has 1 aliphatic rings. The van der Waals surface area contributed by atoms with Gasteiger partial charge in [0, 0.05) is 19.0 Å². The number of hydrogen-bond donors (Lipinski definition) is 1. The highest BCUT2D eigenvalue weighted by Gasteiger charge is 2.27. The van der Waals surface area contributed by atoms with Crippen LogP contribution in [0.1, 0.15) is 39.5 Å². The topological polar surface area (TPSA) is 40.5 Å². The van der Waals surface area contributed by atoms with Gasteiger partial charge in [0.25, 0.3) is 0 Å². The van der Waals surface area contributed by atoms with Gasteiger partial charge in [0.1, 0.15) is 0 Å². The van der Waals surface area contributed by atoms with Gasteiger partial charge in [0.2, 0.25) is 5.91 Å². The highest BCUT2D eigenvalue weighted by Crippen LogP contribution is 2.16. The fourth-order valence-corrected chi connectivity index (χ4v) is 1.89. The van der Waals surface area contributed by atoms with Crippen LogP contribution in [-0.2, 0) is 4.79 Å². The van der Waals surface area contributed by atoms with Crippen molar-refractivity contribution >= 4 is 5.91 Å². The van der Waals surface area contributed by atoms with Gasteiger partial charge in [0.05, 0.1) is 6.10 Å². The Morgan fingerprint density at radius 3 is 2.86 bits per heavy atom. The fraction of sp³-hybridized carbons (Fsp3) is 0.909. The number of aliphatic hydroxyl groups excluding tert-OH is 1. The van der Waals surface area contributed by atoms with Crippen LogP contribution in [0.3, 0.4) is 0 Å². The molecule has 1 heterocycles. The monoisotopic (exact) mass is 199 g/mol. The Hall–Kier alpha value is -0.570. The molecule has 1 unspecified atom stereocenters. The Morgan fingerprint density at radius 1 is 1.64 bits per heavy atom. The first kappa shape index (κ1) is 11.5. The lowest BCUT2D eigenvalue weighted by molar-refractivity contribution is -0.134. The quantitative estimate of drug-likeness (QED) is 0.743. The standard InChI is InChI=1S/C11H21NO2/c1-3-4-5-9(2)11(14)12-7-6-10(13)8-12/h9-10,13H,3-8H2,1-2H3/t9-,10?/m0/s1. The molecule has 2 atom stereocenters. The van der Waals surface area contributed by atoms with Gasteiger partial charge in [-0.1, -0.05) is 26.7 Å². The molecule has 0 bridgehead atoms. The van der Waals surface area contributed by atoms with Crippen LogP contribution >= 0.6 is 0 Å². The molecule has 1 amide bonds. The molecule has 0 saturated carbocycles. The molecule has 3 nitrogen and oxygen atoms in total. The minimum absolute atomic E-state index is 0.125. The zero-order valence-corrected chi connectivity index (χ0v) is 9.20. The molecule has 14 heavy (non-hydrogen) atoms. The van der Waals surface area contributed by atoms with Crippen LogP contribution in [0.25, 0.3) is 0 Å². The lowest BCUT2D eigenvalue weighted by Crippen LogP contribution is -2.33. The molecule has 3 heteroatoms. The Bertz CT molecular complexity index is 194. The van der Waals surface area contributed by atoms with Gasteiger partial charge in [-0.15, -0.1) is 0 Å². The second-order valence-electron chi connectivity index (χ2n) is 4.27. The van der Waals surface area contributed by atoms with Crippen molar-refractivity contribution in [3.8, 4) is 0 Å². The molecule has 0 aromatic rings. The maximum atomic E-state index is 11.8. The summed E-state index contributed by atoms with van der Waals surface area (Å²) in [6.07, 6.45) is 3.68. The van der Waals surface area contributed by atoms with Crippen LogP contribution in [0, 0.1) is 5.92 Å². The maximum absolute atomic E-state index is 11.8. The van der Waals surface area contributed by atoms with E-state index < -0.39 is 0 Å². The summed E-state index contributed by atoms with van der Waals surface area (Å²) in [5.74, 6) is 0.343. The second kappa shape index (κ2) is 5.35. The molecule has 1 aliphatic heterocycles. The number of rotatable bonds is 4. The third kappa shape index (κ3) is 2.98. The number of unbranched alkanes of at least 4 members (excludes halogenated alkanes) is 1. The number of β-amino-alcohol motifs (C(OH)–C–C–N with tert-alkyl or cyclic N) is 1. The summed E-state index contributed by atoms with van der Waals surface area (Å²) in [5.41, 5.74) is 0. The molecule has 0 aromatic heterocycles. The van der Waals surface area contributed by atoms with E-state index in [1.54, 1.807) is 4.90 Å². The Labute approximate surface area is 86.1 Å². The number of aliphatic hydroxyl groups is 1. The minimum atomic E-state index is -0.294. The Morgan fingerprint density at radius 2 is 2.36 bits per heavy atom. The van der Waals surface area contributed by atoms with Gasteiger partial charge < -0.3 is 10.0 Å². The highest BCUT2D eigenvalue weighted by atomic mass is 16.3. The van der Waals surface area contributed by atoms with Crippen molar-refractivity contribution < 1.29 is 9.90 Å². The van der Waals surface area contributed by atoms with E-state index in [1.807, 2.05) is 6.92 Å². The average Bonchev–Trinajstić information content (AvgIpc) is 2.60. The van der Waals surface area contributed by atoms with Crippen molar-refractivity contribution in [1.29, 1.82) is 0 Å². The summed E-state index contributed by atoms with van der Waals surface area (Å²) in [4.78, 5) is 13.6. The zero-order chi connectivity index (χ0) is 10.6. The van der Waals surface area contributed by atoms with Crippen molar-refractivity contribution in [2.45, 2.75) is 45.6 Å². The fourth-order valence-electron chi connectivity index (χ4n) is 1.89. The predicted octanol–water partition coefficient (Wildman–Crippen LogP) is 1.41. The van der Waals surface area contributed by atoms with Crippen LogP contribution in [0.2, 0.25) is 0 Å². The van der Waals surface area contributed by atoms with E-state index in [9.17, 15) is 9.90 Å². The zero-order valence-electron chi connectivity index (χ0n) is 9.20. The van der Waals surface area contributed by atoms with E-state index in [4.69, 9.17) is 0 Å². The van der Waals surface area contributed by atoms with E-state index in [0.29, 0.717) is 6.54 Å². The van der Waals surface area contributed by atoms with Crippen LogP contribution in [0.4, 0.5) is 0 Å². The third-order valence-electron chi connectivity index (χ3n) is 2.89. The van der Waals surface area contributed by atoms with Gasteiger partial charge >= 0.3 is 0 Å². The first-order valence-electron chi connectivity index (χ1n) is 5.62. The molecule has 0 aliphatic carbocycles. The molecule has 1 N–H and O–H groups in total. The first-order valence-corrected chi connectivity index (χ1v) is 5.62. The van der Waals surface area contributed by atoms with Crippen LogP contribution < -0.4 is 0 Å². The number of nitrogens with zero attached hydrogens (tertiary/aromatic N) is 1. The highest BCUT2D eigenvalue weighted by molar-refractivity contribution is 5.78. The molecule has 1 fully saturated rings. The van der Waals surface area contributed by atoms with Gasteiger partial charge in [-0.05, 0) is 12.8 Å². The minimum Gasteiger partial charge on any atom is -0.391 e. The Balaban J connectivity index is 2.32. The van der Waals surface area contributed by atoms with Crippen molar-refractivity contribution in [3.05, 3.63) is 0 Å². The summed E-state index contributed by atoms with van der Waals surface area (Å²) in [6, 6.07) is 0. The molecule has 0 spiro atoms. The van der Waals surface area contributed by atoms with Gasteiger partial charge in [-0.2, -0.15) is 0 Å². The van der Waals surface area contributed by atoms with Gasteiger partial charge in [0.15, 0.2) is 0 Å². The van der Waals surface area contributed by atoms with E-state index >= 15 is 0 Å². The predicted molar refractivity (Wildman–Crippen MR) is 55.9 cm³/mol. The summed E-state index contributed by atoms with van der Waals surface area (Å²) >= 11 is 0. The molecule has 1 saturated heterocycles. The molecular weight excluding hydrogens is 178 g/mol. The van der Waals surface area contributed by atoms with Gasteiger partial charge in [-0.25, -0.2) is 0 Å². The van der Waals surface area contributed by atoms with Crippen LogP contribution in [0.15, 0.2) is 0 Å². The SMILES string of the molecule is CCCC[C@H](C)C(=O)N1CCC(O)C1. The third-order valence-corrected chi connectivity index (χ3v) is 2.89. The molecule has 1 rings (SSSR count). The van der Waals surface area contributed by atoms with Crippen molar-refractivity contribution in [1.82, 2.24) is 4.90 Å².